The molecule has 213 valence electrons. The van der Waals surface area contributed by atoms with Crippen LogP contribution in [0.25, 0.3) is 32.7 Å². The second-order valence-corrected chi connectivity index (χ2v) is 40.8. The van der Waals surface area contributed by atoms with E-state index in [0.717, 1.165) is 0 Å². The topological polar surface area (TPSA) is 0 Å². The molecule has 6 aromatic rings. The van der Waals surface area contributed by atoms with Crippen LogP contribution in [-0.2, 0) is 20.6 Å². The van der Waals surface area contributed by atoms with Gasteiger partial charge in [-0.05, 0) is 0 Å². The molecule has 2 unspecified atom stereocenters. The Kier molecular flexibility index (Phi) is 7.04. The molecule has 0 aliphatic heterocycles. The van der Waals surface area contributed by atoms with Gasteiger partial charge in [-0.15, -0.1) is 0 Å². The summed E-state index contributed by atoms with van der Waals surface area (Å²) in [5.41, 5.74) is 15.3. The maximum absolute atomic E-state index is 2.68. The molecule has 8 rings (SSSR count). The SMILES string of the molecule is CC1=C(c2cccc3ccccc23)c2ccccc2[CH]1[Hf]([CH]1C(C)=C(c2cccc3ccccc23)c2ccccc21)[SiH](C)C. The van der Waals surface area contributed by atoms with Crippen LogP contribution in [-0.4, -0.2) is 5.98 Å². The molecular formula is C42H37HfSi. The van der Waals surface area contributed by atoms with Crippen molar-refractivity contribution in [1.29, 1.82) is 0 Å². The van der Waals surface area contributed by atoms with Crippen LogP contribution >= 0.6 is 0 Å². The number of fused-ring (bicyclic) bond motifs is 4. The van der Waals surface area contributed by atoms with E-state index in [1.807, 2.05) is 0 Å². The van der Waals surface area contributed by atoms with Crippen molar-refractivity contribution in [2.24, 2.45) is 0 Å². The van der Waals surface area contributed by atoms with Gasteiger partial charge in [0.25, 0.3) is 0 Å². The van der Waals surface area contributed by atoms with Gasteiger partial charge in [0.05, 0.1) is 0 Å². The zero-order valence-corrected chi connectivity index (χ0v) is 30.7. The minimum absolute atomic E-state index is 0.608. The van der Waals surface area contributed by atoms with Crippen LogP contribution in [0.15, 0.2) is 145 Å². The van der Waals surface area contributed by atoms with E-state index >= 15 is 0 Å². The fourth-order valence-corrected chi connectivity index (χ4v) is 41.4. The second-order valence-electron chi connectivity index (χ2n) is 12.9. The summed E-state index contributed by atoms with van der Waals surface area (Å²) >= 11 is -2.48. The van der Waals surface area contributed by atoms with E-state index in [2.05, 4.69) is 160 Å². The van der Waals surface area contributed by atoms with Gasteiger partial charge in [-0.1, -0.05) is 0 Å². The standard InChI is InChI=1S/2C20H15.C2H7Si.Hf/c2*1-14-13-16-8-3-5-11-18(16)20(14)19-12-6-9-15-7-2-4-10-17(15)19;1-3-2;/h2*2-13H,1H3;3H,1-2H3;. The zero-order valence-electron chi connectivity index (χ0n) is 25.9. The fraction of sp³-hybridized carbons (Fsp3) is 0.143. The van der Waals surface area contributed by atoms with Crippen molar-refractivity contribution in [3.63, 3.8) is 0 Å². The molecule has 0 spiro atoms. The summed E-state index contributed by atoms with van der Waals surface area (Å²) in [6.07, 6.45) is 0. The molecule has 0 N–H and O–H groups in total. The summed E-state index contributed by atoms with van der Waals surface area (Å²) in [6.45, 7) is 10.4. The molecule has 0 nitrogen and oxygen atoms in total. The summed E-state index contributed by atoms with van der Waals surface area (Å²) in [6, 6.07) is 50.5. The first-order chi connectivity index (χ1) is 21.5. The average molecular weight is 748 g/mol. The zero-order chi connectivity index (χ0) is 29.9. The summed E-state index contributed by atoms with van der Waals surface area (Å²) in [7, 11) is 0. The van der Waals surface area contributed by atoms with Gasteiger partial charge in [0, 0.05) is 0 Å². The average Bonchev–Trinajstić information content (AvgIpc) is 3.50. The fourth-order valence-electron chi connectivity index (χ4n) is 8.43. The Morgan fingerprint density at radius 3 is 1.25 bits per heavy atom. The Morgan fingerprint density at radius 1 is 0.432 bits per heavy atom. The summed E-state index contributed by atoms with van der Waals surface area (Å²) in [5.74, 6) is -0.983. The quantitative estimate of drug-likeness (QED) is 0.154. The van der Waals surface area contributed by atoms with Gasteiger partial charge in [0.2, 0.25) is 0 Å². The van der Waals surface area contributed by atoms with Crippen molar-refractivity contribution >= 4 is 38.7 Å². The Labute approximate surface area is 269 Å². The van der Waals surface area contributed by atoms with Gasteiger partial charge in [-0.25, -0.2) is 0 Å². The maximum atomic E-state index is 2.68. The number of allylic oxidation sites excluding steroid dienone is 2. The molecule has 0 saturated heterocycles. The molecule has 6 aromatic carbocycles. The molecule has 0 bridgehead atoms. The Hall–Kier alpha value is -3.59. The Morgan fingerprint density at radius 2 is 0.795 bits per heavy atom. The van der Waals surface area contributed by atoms with Crippen LogP contribution in [0.3, 0.4) is 0 Å². The van der Waals surface area contributed by atoms with E-state index in [-0.39, 0.29) is 0 Å². The van der Waals surface area contributed by atoms with Gasteiger partial charge in [-0.3, -0.25) is 0 Å². The molecule has 0 saturated carbocycles. The van der Waals surface area contributed by atoms with E-state index < -0.39 is 26.6 Å². The van der Waals surface area contributed by atoms with Crippen molar-refractivity contribution in [1.82, 2.24) is 0 Å². The van der Waals surface area contributed by atoms with Crippen molar-refractivity contribution in [2.45, 2.75) is 34.3 Å². The number of benzene rings is 6. The third-order valence-electron chi connectivity index (χ3n) is 10.2. The van der Waals surface area contributed by atoms with Crippen molar-refractivity contribution < 1.29 is 20.6 Å². The summed E-state index contributed by atoms with van der Waals surface area (Å²) < 4.78 is 1.22. The van der Waals surface area contributed by atoms with E-state index in [1.54, 1.807) is 22.3 Å². The van der Waals surface area contributed by atoms with E-state index in [9.17, 15) is 0 Å². The Balaban J connectivity index is 1.36. The normalized spacial score (nSPS) is 17.6. The molecular weight excluding hydrogens is 711 g/mol. The molecule has 2 heteroatoms. The van der Waals surface area contributed by atoms with E-state index in [1.165, 1.54) is 54.9 Å². The molecule has 0 amide bonds. The predicted molar refractivity (Wildman–Crippen MR) is 189 cm³/mol. The van der Waals surface area contributed by atoms with Gasteiger partial charge in [-0.2, -0.15) is 0 Å². The third kappa shape index (κ3) is 4.25. The minimum atomic E-state index is -2.48. The van der Waals surface area contributed by atoms with E-state index in [4.69, 9.17) is 0 Å². The van der Waals surface area contributed by atoms with Crippen LogP contribution < -0.4 is 0 Å². The van der Waals surface area contributed by atoms with Crippen LogP contribution in [0, 0.1) is 0 Å². The molecule has 2 aliphatic rings. The van der Waals surface area contributed by atoms with Crippen molar-refractivity contribution in [3.05, 3.63) is 178 Å². The van der Waals surface area contributed by atoms with Crippen LogP contribution in [0.5, 0.6) is 0 Å². The van der Waals surface area contributed by atoms with Crippen LogP contribution in [0.1, 0.15) is 54.6 Å². The molecule has 44 heavy (non-hydrogen) atoms. The van der Waals surface area contributed by atoms with Gasteiger partial charge < -0.3 is 0 Å². The molecule has 0 fully saturated rings. The number of rotatable bonds is 5. The molecule has 0 aromatic heterocycles. The van der Waals surface area contributed by atoms with Gasteiger partial charge in [0.1, 0.15) is 0 Å². The second kappa shape index (κ2) is 11.1. The predicted octanol–water partition coefficient (Wildman–Crippen LogP) is 11.0. The third-order valence-corrected chi connectivity index (χ3v) is 41.5. The van der Waals surface area contributed by atoms with Crippen molar-refractivity contribution in [3.8, 4) is 0 Å². The van der Waals surface area contributed by atoms with Crippen LogP contribution in [0.2, 0.25) is 13.1 Å². The molecule has 2 atom stereocenters. The van der Waals surface area contributed by atoms with Crippen molar-refractivity contribution in [2.75, 3.05) is 0 Å². The van der Waals surface area contributed by atoms with Gasteiger partial charge in [0.15, 0.2) is 0 Å². The van der Waals surface area contributed by atoms with Crippen LogP contribution in [0.4, 0.5) is 0 Å². The Bertz CT molecular complexity index is 1990. The number of hydrogen-bond acceptors (Lipinski definition) is 0. The summed E-state index contributed by atoms with van der Waals surface area (Å²) in [5, 5.41) is 5.39. The number of hydrogen-bond donors (Lipinski definition) is 0. The monoisotopic (exact) mass is 749 g/mol. The molecule has 0 radical (unpaired) electrons. The van der Waals surface area contributed by atoms with E-state index in [0.29, 0.717) is 7.35 Å². The first kappa shape index (κ1) is 27.9. The first-order valence-electron chi connectivity index (χ1n) is 16.0. The summed E-state index contributed by atoms with van der Waals surface area (Å²) in [4.78, 5) is 0. The molecule has 2 aliphatic carbocycles. The molecule has 0 heterocycles. The first-order valence-corrected chi connectivity index (χ1v) is 29.2. The van der Waals surface area contributed by atoms with Gasteiger partial charge >= 0.3 is 272 Å².